The molecule has 8 nitrogen and oxygen atoms in total. The average Bonchev–Trinajstić information content (AvgIpc) is 3.37. The van der Waals surface area contributed by atoms with Crippen molar-refractivity contribution in [2.24, 2.45) is 0 Å². The molecule has 3 N–H and O–H groups in total. The Kier molecular flexibility index (Phi) is 12.3. The molecule has 4 rings (SSSR count). The van der Waals surface area contributed by atoms with Gasteiger partial charge in [-0.15, -0.1) is 0 Å². The number of amides is 1. The maximum atomic E-state index is 12.6. The van der Waals surface area contributed by atoms with E-state index in [-0.39, 0.29) is 30.9 Å². The van der Waals surface area contributed by atoms with Crippen LogP contribution in [0.3, 0.4) is 0 Å². The summed E-state index contributed by atoms with van der Waals surface area (Å²) in [4.78, 5) is 36.8. The van der Waals surface area contributed by atoms with Crippen LogP contribution in [-0.2, 0) is 14.3 Å². The van der Waals surface area contributed by atoms with Crippen molar-refractivity contribution < 1.29 is 29.0 Å². The van der Waals surface area contributed by atoms with E-state index in [1.54, 1.807) is 19.2 Å². The van der Waals surface area contributed by atoms with Gasteiger partial charge in [0.1, 0.15) is 19.3 Å². The Bertz CT molecular complexity index is 1520. The topological polar surface area (TPSA) is 114 Å². The third kappa shape index (κ3) is 9.25. The van der Waals surface area contributed by atoms with Crippen LogP contribution in [-0.4, -0.2) is 60.9 Å². The highest BCUT2D eigenvalue weighted by molar-refractivity contribution is 7.99. The van der Waals surface area contributed by atoms with Crippen molar-refractivity contribution in [3.8, 4) is 11.1 Å². The summed E-state index contributed by atoms with van der Waals surface area (Å²) in [5, 5.41) is 15.2. The third-order valence-electron chi connectivity index (χ3n) is 7.65. The summed E-state index contributed by atoms with van der Waals surface area (Å²) in [5.41, 5.74) is 7.82. The molecular formula is C36H40N2O6S. The Morgan fingerprint density at radius 3 is 2.20 bits per heavy atom. The lowest BCUT2D eigenvalue weighted by Crippen LogP contribution is -2.43. The normalized spacial score (nSPS) is 13.4. The second kappa shape index (κ2) is 16.5. The van der Waals surface area contributed by atoms with Crippen molar-refractivity contribution in [2.45, 2.75) is 38.6 Å². The molecule has 1 aliphatic rings. The van der Waals surface area contributed by atoms with E-state index in [1.165, 1.54) is 17.3 Å². The number of nitrogens with one attached hydrogen (secondary N) is 2. The first-order valence-corrected chi connectivity index (χ1v) is 16.1. The number of hydrogen-bond donors (Lipinski definition) is 3. The molecule has 0 unspecified atom stereocenters. The smallest absolute Gasteiger partial charge is 0.407 e. The number of para-hydroxylation sites is 1. The molecule has 1 atom stereocenters. The fraction of sp³-hybridized carbons (Fsp3) is 0.306. The van der Waals surface area contributed by atoms with Gasteiger partial charge in [-0.2, -0.15) is 11.8 Å². The molecular weight excluding hydrogens is 588 g/mol. The molecule has 3 aromatic rings. The Labute approximate surface area is 268 Å². The number of ether oxygens (including phenoxy) is 2. The summed E-state index contributed by atoms with van der Waals surface area (Å²) in [5.74, 6) is -0.734. The number of alkyl carbamates (subject to hydrolysis) is 1. The fourth-order valence-corrected chi connectivity index (χ4v) is 6.19. The first-order chi connectivity index (χ1) is 21.8. The Morgan fingerprint density at radius 1 is 0.889 bits per heavy atom. The highest BCUT2D eigenvalue weighted by Gasteiger charge is 2.29. The van der Waals surface area contributed by atoms with Gasteiger partial charge in [0.05, 0.1) is 5.56 Å². The molecule has 0 radical (unpaired) electrons. The van der Waals surface area contributed by atoms with Crippen LogP contribution in [0.4, 0.5) is 10.5 Å². The first kappa shape index (κ1) is 33.4. The van der Waals surface area contributed by atoms with Gasteiger partial charge in [-0.1, -0.05) is 78.4 Å². The molecule has 0 fully saturated rings. The standard InChI is InChI=1S/C36H40N2O6S/c1-24(11-10-12-25(2)21-43-35(41)30-17-8-9-18-32(30)37-3)19-20-45-23-33(34(39)40)38-36(42)44-22-31-28-15-6-4-13-26(28)27-14-5-7-16-29(27)31/h4-9,12-19,31,33,37H,10-11,20-23H2,1-3H3,(H,38,42)(H,39,40)/b24-19+,25-12+/t33-/m0/s1. The summed E-state index contributed by atoms with van der Waals surface area (Å²) in [6.07, 6.45) is 5.00. The van der Waals surface area contributed by atoms with Crippen LogP contribution in [0.2, 0.25) is 0 Å². The number of benzene rings is 3. The predicted molar refractivity (Wildman–Crippen MR) is 180 cm³/mol. The number of carboxylic acids is 1. The number of carbonyl (C=O) groups is 3. The molecule has 3 aromatic carbocycles. The van der Waals surface area contributed by atoms with Crippen LogP contribution in [0.15, 0.2) is 96.1 Å². The Hall–Kier alpha value is -4.50. The number of allylic oxidation sites excluding steroid dienone is 2. The molecule has 0 aliphatic heterocycles. The number of anilines is 1. The summed E-state index contributed by atoms with van der Waals surface area (Å²) in [7, 11) is 1.76. The molecule has 0 aromatic heterocycles. The molecule has 0 spiro atoms. The lowest BCUT2D eigenvalue weighted by molar-refractivity contribution is -0.138. The minimum Gasteiger partial charge on any atom is -0.480 e. The van der Waals surface area contributed by atoms with E-state index in [0.29, 0.717) is 11.3 Å². The third-order valence-corrected chi connectivity index (χ3v) is 8.62. The zero-order valence-electron chi connectivity index (χ0n) is 25.9. The molecule has 0 heterocycles. The quantitative estimate of drug-likeness (QED) is 0.0914. The summed E-state index contributed by atoms with van der Waals surface area (Å²) < 4.78 is 11.0. The van der Waals surface area contributed by atoms with Crippen molar-refractivity contribution in [2.75, 3.05) is 37.1 Å². The van der Waals surface area contributed by atoms with Gasteiger partial charge in [0.15, 0.2) is 0 Å². The second-order valence-corrected chi connectivity index (χ2v) is 12.0. The van der Waals surface area contributed by atoms with Crippen LogP contribution >= 0.6 is 11.8 Å². The van der Waals surface area contributed by atoms with E-state index in [1.807, 2.05) is 62.4 Å². The van der Waals surface area contributed by atoms with Crippen molar-refractivity contribution in [1.82, 2.24) is 5.32 Å². The average molecular weight is 629 g/mol. The Balaban J connectivity index is 1.16. The van der Waals surface area contributed by atoms with Crippen LogP contribution in [0.1, 0.15) is 54.1 Å². The Morgan fingerprint density at radius 2 is 1.53 bits per heavy atom. The number of fused-ring (bicyclic) bond motifs is 3. The molecule has 45 heavy (non-hydrogen) atoms. The SMILES string of the molecule is CNc1ccccc1C(=O)OC/C(C)=C/CC/C(C)=C/CSC[C@H](NC(=O)OCC1c2ccccc2-c2ccccc21)C(=O)O. The van der Waals surface area contributed by atoms with Gasteiger partial charge in [0, 0.05) is 30.2 Å². The van der Waals surface area contributed by atoms with Crippen molar-refractivity contribution in [3.63, 3.8) is 0 Å². The van der Waals surface area contributed by atoms with Gasteiger partial charge in [0.2, 0.25) is 0 Å². The molecule has 0 bridgehead atoms. The zero-order valence-corrected chi connectivity index (χ0v) is 26.7. The monoisotopic (exact) mass is 628 g/mol. The summed E-state index contributed by atoms with van der Waals surface area (Å²) in [6, 6.07) is 22.3. The molecule has 9 heteroatoms. The van der Waals surface area contributed by atoms with Gasteiger partial charge in [-0.05, 0) is 66.6 Å². The minimum atomic E-state index is -1.10. The van der Waals surface area contributed by atoms with Gasteiger partial charge in [0.25, 0.3) is 0 Å². The van der Waals surface area contributed by atoms with Gasteiger partial charge >= 0.3 is 18.0 Å². The maximum Gasteiger partial charge on any atom is 0.407 e. The number of esters is 1. The number of rotatable bonds is 15. The maximum absolute atomic E-state index is 12.6. The molecule has 1 aliphatic carbocycles. The van der Waals surface area contributed by atoms with Gasteiger partial charge < -0.3 is 25.2 Å². The van der Waals surface area contributed by atoms with Crippen molar-refractivity contribution in [1.29, 1.82) is 0 Å². The number of hydrogen-bond acceptors (Lipinski definition) is 7. The van der Waals surface area contributed by atoms with E-state index >= 15 is 0 Å². The molecule has 236 valence electrons. The molecule has 0 saturated heterocycles. The van der Waals surface area contributed by atoms with Gasteiger partial charge in [-0.25, -0.2) is 14.4 Å². The molecule has 1 amide bonds. The highest BCUT2D eigenvalue weighted by Crippen LogP contribution is 2.44. The van der Waals surface area contributed by atoms with Crippen LogP contribution < -0.4 is 10.6 Å². The summed E-state index contributed by atoms with van der Waals surface area (Å²) in [6.45, 7) is 4.31. The van der Waals surface area contributed by atoms with Crippen molar-refractivity contribution in [3.05, 3.63) is 113 Å². The minimum absolute atomic E-state index is 0.0941. The number of carbonyl (C=O) groups excluding carboxylic acids is 2. The van der Waals surface area contributed by atoms with Crippen molar-refractivity contribution >= 4 is 35.5 Å². The second-order valence-electron chi connectivity index (χ2n) is 10.9. The van der Waals surface area contributed by atoms with E-state index in [4.69, 9.17) is 9.47 Å². The summed E-state index contributed by atoms with van der Waals surface area (Å²) >= 11 is 1.43. The highest BCUT2D eigenvalue weighted by atomic mass is 32.2. The fourth-order valence-electron chi connectivity index (χ4n) is 5.19. The molecule has 0 saturated carbocycles. The number of thioether (sulfide) groups is 1. The van der Waals surface area contributed by atoms with E-state index in [2.05, 4.69) is 34.9 Å². The number of aliphatic carboxylic acids is 1. The largest absolute Gasteiger partial charge is 0.480 e. The number of carboxylic acid groups (broad SMARTS) is 1. The van der Waals surface area contributed by atoms with Crippen LogP contribution in [0.25, 0.3) is 11.1 Å². The van der Waals surface area contributed by atoms with E-state index < -0.39 is 18.1 Å². The van der Waals surface area contributed by atoms with Crippen LogP contribution in [0.5, 0.6) is 0 Å². The lowest BCUT2D eigenvalue weighted by atomic mass is 9.98. The van der Waals surface area contributed by atoms with E-state index in [9.17, 15) is 19.5 Å². The first-order valence-electron chi connectivity index (χ1n) is 15.0. The van der Waals surface area contributed by atoms with Gasteiger partial charge in [-0.3, -0.25) is 0 Å². The zero-order chi connectivity index (χ0) is 32.2. The van der Waals surface area contributed by atoms with Crippen LogP contribution in [0, 0.1) is 0 Å². The van der Waals surface area contributed by atoms with E-state index in [0.717, 1.165) is 46.4 Å². The lowest BCUT2D eigenvalue weighted by Gasteiger charge is -2.17. The predicted octanol–water partition coefficient (Wildman–Crippen LogP) is 7.28.